The zero-order valence-electron chi connectivity index (χ0n) is 18.9. The van der Waals surface area contributed by atoms with Crippen LogP contribution < -0.4 is 10.7 Å². The highest BCUT2D eigenvalue weighted by Gasteiger charge is 2.34. The van der Waals surface area contributed by atoms with Crippen LogP contribution in [0.25, 0.3) is 5.69 Å². The van der Waals surface area contributed by atoms with Gasteiger partial charge in [-0.25, -0.2) is 4.68 Å². The van der Waals surface area contributed by atoms with E-state index in [1.165, 1.54) is 30.0 Å². The van der Waals surface area contributed by atoms with E-state index in [1.54, 1.807) is 24.3 Å². The number of para-hydroxylation sites is 1. The Bertz CT molecular complexity index is 1300. The molecule has 10 heteroatoms. The summed E-state index contributed by atoms with van der Waals surface area (Å²) in [6.45, 7) is 2.00. The molecule has 0 atom stereocenters. The number of aryl methyl sites for hydroxylation is 1. The Balaban J connectivity index is 1.51. The van der Waals surface area contributed by atoms with Crippen LogP contribution in [0.15, 0.2) is 65.5 Å². The lowest BCUT2D eigenvalue weighted by Gasteiger charge is -2.32. The van der Waals surface area contributed by atoms with Gasteiger partial charge in [-0.3, -0.25) is 14.4 Å². The monoisotopic (exact) mass is 484 g/mol. The van der Waals surface area contributed by atoms with Crippen molar-refractivity contribution >= 4 is 11.8 Å². The minimum atomic E-state index is -4.63. The fourth-order valence-electron chi connectivity index (χ4n) is 4.07. The molecule has 0 saturated carbocycles. The first-order valence-electron chi connectivity index (χ1n) is 11.1. The molecule has 0 spiro atoms. The molecule has 7 nitrogen and oxygen atoms in total. The topological polar surface area (TPSA) is 84.3 Å². The molecule has 4 rings (SSSR count). The van der Waals surface area contributed by atoms with Gasteiger partial charge in [-0.05, 0) is 44.0 Å². The lowest BCUT2D eigenvalue weighted by Crippen LogP contribution is -2.47. The Morgan fingerprint density at radius 3 is 2.29 bits per heavy atom. The standard InChI is InChI=1S/C25H23F3N4O3/c1-16-15-21(33)22(30-32(16)20-10-6-5-9-19(20)25(26,27)28)24(35)31-13-11-18(12-14-31)29-23(34)17-7-3-2-4-8-17/h2-10,15,18H,11-14H2,1H3,(H,29,34). The van der Waals surface area contributed by atoms with E-state index in [4.69, 9.17) is 0 Å². The predicted octanol–water partition coefficient (Wildman–Crippen LogP) is 3.59. The molecule has 1 saturated heterocycles. The van der Waals surface area contributed by atoms with Crippen LogP contribution in [0.3, 0.4) is 0 Å². The molecule has 1 aromatic heterocycles. The summed E-state index contributed by atoms with van der Waals surface area (Å²) in [7, 11) is 0. The number of carbonyl (C=O) groups excluding carboxylic acids is 2. The number of likely N-dealkylation sites (tertiary alicyclic amines) is 1. The van der Waals surface area contributed by atoms with Crippen LogP contribution in [0.5, 0.6) is 0 Å². The number of amides is 2. The van der Waals surface area contributed by atoms with E-state index in [1.807, 2.05) is 6.07 Å². The number of aromatic nitrogens is 2. The van der Waals surface area contributed by atoms with Crippen molar-refractivity contribution in [1.29, 1.82) is 0 Å². The SMILES string of the molecule is Cc1cc(=O)c(C(=O)N2CCC(NC(=O)c3ccccc3)CC2)nn1-c1ccccc1C(F)(F)F. The van der Waals surface area contributed by atoms with Gasteiger partial charge in [0.15, 0.2) is 5.69 Å². The lowest BCUT2D eigenvalue weighted by molar-refractivity contribution is -0.137. The van der Waals surface area contributed by atoms with Crippen LogP contribution in [-0.2, 0) is 6.18 Å². The molecule has 2 heterocycles. The molecular weight excluding hydrogens is 461 g/mol. The molecule has 0 radical (unpaired) electrons. The number of halogens is 3. The number of nitrogens with zero attached hydrogens (tertiary/aromatic N) is 3. The third-order valence-electron chi connectivity index (χ3n) is 5.90. The number of benzene rings is 2. The van der Waals surface area contributed by atoms with Gasteiger partial charge in [0.2, 0.25) is 5.43 Å². The molecule has 35 heavy (non-hydrogen) atoms. The molecule has 3 aromatic rings. The smallest absolute Gasteiger partial charge is 0.349 e. The molecule has 0 bridgehead atoms. The number of piperidine rings is 1. The Morgan fingerprint density at radius 2 is 1.63 bits per heavy atom. The van der Waals surface area contributed by atoms with Gasteiger partial charge in [0.1, 0.15) is 0 Å². The second-order valence-corrected chi connectivity index (χ2v) is 8.33. The minimum absolute atomic E-state index is 0.145. The van der Waals surface area contributed by atoms with E-state index in [-0.39, 0.29) is 36.4 Å². The fourth-order valence-corrected chi connectivity index (χ4v) is 4.07. The van der Waals surface area contributed by atoms with E-state index in [2.05, 4.69) is 10.4 Å². The zero-order chi connectivity index (χ0) is 25.2. The van der Waals surface area contributed by atoms with Gasteiger partial charge in [0.05, 0.1) is 11.3 Å². The highest BCUT2D eigenvalue weighted by Crippen LogP contribution is 2.33. The molecule has 1 N–H and O–H groups in total. The summed E-state index contributed by atoms with van der Waals surface area (Å²) in [6.07, 6.45) is -3.69. The summed E-state index contributed by atoms with van der Waals surface area (Å²) < 4.78 is 41.5. The largest absolute Gasteiger partial charge is 0.418 e. The third kappa shape index (κ3) is 5.26. The quantitative estimate of drug-likeness (QED) is 0.614. The summed E-state index contributed by atoms with van der Waals surface area (Å²) in [6, 6.07) is 14.6. The van der Waals surface area contributed by atoms with Crippen molar-refractivity contribution in [2.45, 2.75) is 32.0 Å². The third-order valence-corrected chi connectivity index (χ3v) is 5.90. The highest BCUT2D eigenvalue weighted by atomic mass is 19.4. The van der Waals surface area contributed by atoms with Crippen LogP contribution in [0.4, 0.5) is 13.2 Å². The van der Waals surface area contributed by atoms with Crippen LogP contribution >= 0.6 is 0 Å². The van der Waals surface area contributed by atoms with Crippen molar-refractivity contribution in [2.75, 3.05) is 13.1 Å². The normalized spacial score (nSPS) is 14.6. The van der Waals surface area contributed by atoms with Crippen molar-refractivity contribution in [3.05, 3.63) is 93.4 Å². The van der Waals surface area contributed by atoms with Crippen LogP contribution in [-0.4, -0.2) is 45.6 Å². The summed E-state index contributed by atoms with van der Waals surface area (Å²) in [5.74, 6) is -0.858. The van der Waals surface area contributed by atoms with Gasteiger partial charge >= 0.3 is 6.18 Å². The Labute approximate surface area is 199 Å². The first kappa shape index (κ1) is 24.2. The number of hydrogen-bond donors (Lipinski definition) is 1. The molecule has 182 valence electrons. The van der Waals surface area contributed by atoms with Gasteiger partial charge in [0, 0.05) is 36.5 Å². The molecule has 1 aliphatic rings. The van der Waals surface area contributed by atoms with E-state index >= 15 is 0 Å². The van der Waals surface area contributed by atoms with E-state index < -0.39 is 28.8 Å². The average Bonchev–Trinajstić information content (AvgIpc) is 2.84. The molecule has 2 aromatic carbocycles. The Hall–Kier alpha value is -3.95. The number of rotatable bonds is 4. The molecule has 1 fully saturated rings. The lowest BCUT2D eigenvalue weighted by atomic mass is 10.0. The van der Waals surface area contributed by atoms with Crippen molar-refractivity contribution < 1.29 is 22.8 Å². The molecule has 0 unspecified atom stereocenters. The van der Waals surface area contributed by atoms with E-state index in [0.29, 0.717) is 18.4 Å². The van der Waals surface area contributed by atoms with Gasteiger partial charge < -0.3 is 10.2 Å². The summed E-state index contributed by atoms with van der Waals surface area (Å²) >= 11 is 0. The zero-order valence-corrected chi connectivity index (χ0v) is 18.9. The van der Waals surface area contributed by atoms with Gasteiger partial charge in [-0.2, -0.15) is 18.3 Å². The van der Waals surface area contributed by atoms with Crippen LogP contribution in [0.1, 0.15) is 44.9 Å². The highest BCUT2D eigenvalue weighted by molar-refractivity contribution is 5.94. The second kappa shape index (κ2) is 9.73. The van der Waals surface area contributed by atoms with Gasteiger partial charge in [-0.1, -0.05) is 30.3 Å². The maximum Gasteiger partial charge on any atom is 0.418 e. The number of nitrogens with one attached hydrogen (secondary N) is 1. The number of carbonyl (C=O) groups is 2. The van der Waals surface area contributed by atoms with Crippen molar-refractivity contribution in [1.82, 2.24) is 20.0 Å². The van der Waals surface area contributed by atoms with Crippen LogP contribution in [0.2, 0.25) is 0 Å². The van der Waals surface area contributed by atoms with Gasteiger partial charge in [-0.15, -0.1) is 0 Å². The second-order valence-electron chi connectivity index (χ2n) is 8.33. The van der Waals surface area contributed by atoms with E-state index in [0.717, 1.165) is 16.8 Å². The number of hydrogen-bond acceptors (Lipinski definition) is 4. The van der Waals surface area contributed by atoms with E-state index in [9.17, 15) is 27.6 Å². The molecular formula is C25H23F3N4O3. The first-order valence-corrected chi connectivity index (χ1v) is 11.1. The van der Waals surface area contributed by atoms with Gasteiger partial charge in [0.25, 0.3) is 11.8 Å². The molecule has 2 amide bonds. The molecule has 0 aliphatic carbocycles. The maximum atomic E-state index is 13.5. The maximum absolute atomic E-state index is 13.5. The van der Waals surface area contributed by atoms with Crippen molar-refractivity contribution in [3.8, 4) is 5.69 Å². The predicted molar refractivity (Wildman–Crippen MR) is 122 cm³/mol. The first-order chi connectivity index (χ1) is 16.6. The average molecular weight is 484 g/mol. The fraction of sp³-hybridized carbons (Fsp3) is 0.280. The Morgan fingerprint density at radius 1 is 1.00 bits per heavy atom. The summed E-state index contributed by atoms with van der Waals surface area (Å²) in [5.41, 5.74) is -1.59. The number of alkyl halides is 3. The Kier molecular flexibility index (Phi) is 6.72. The van der Waals surface area contributed by atoms with Crippen molar-refractivity contribution in [3.63, 3.8) is 0 Å². The minimum Gasteiger partial charge on any atom is -0.349 e. The van der Waals surface area contributed by atoms with Crippen molar-refractivity contribution in [2.24, 2.45) is 0 Å². The van der Waals surface area contributed by atoms with Crippen LogP contribution in [0, 0.1) is 6.92 Å². The summed E-state index contributed by atoms with van der Waals surface area (Å²) in [5, 5.41) is 6.98. The molecule has 1 aliphatic heterocycles. The summed E-state index contributed by atoms with van der Waals surface area (Å²) in [4.78, 5) is 39.4.